The van der Waals surface area contributed by atoms with Gasteiger partial charge >= 0.3 is 5.97 Å². The number of aromatic nitrogens is 1. The summed E-state index contributed by atoms with van der Waals surface area (Å²) in [6.45, 7) is 5.20. The van der Waals surface area contributed by atoms with E-state index in [0.29, 0.717) is 24.5 Å². The zero-order valence-corrected chi connectivity index (χ0v) is 11.4. The Morgan fingerprint density at radius 1 is 1.42 bits per heavy atom. The van der Waals surface area contributed by atoms with Crippen LogP contribution in [-0.4, -0.2) is 29.6 Å². The summed E-state index contributed by atoms with van der Waals surface area (Å²) in [5.41, 5.74) is 6.63. The number of aryl methyl sites for hydroxylation is 1. The number of hydrogen-bond acceptors (Lipinski definition) is 4. The van der Waals surface area contributed by atoms with Crippen LogP contribution in [0.25, 0.3) is 0 Å². The Hall–Kier alpha value is -1.98. The number of nitrogens with two attached hydrogens (primary N) is 1. The number of nitrogen functional groups attached to an aromatic ring is 1. The summed E-state index contributed by atoms with van der Waals surface area (Å²) in [6.07, 6.45) is 2.78. The summed E-state index contributed by atoms with van der Waals surface area (Å²) in [7, 11) is 0. The van der Waals surface area contributed by atoms with Gasteiger partial charge in [-0.2, -0.15) is 0 Å². The highest BCUT2D eigenvalue weighted by molar-refractivity contribution is 5.89. The Morgan fingerprint density at radius 2 is 2.16 bits per heavy atom. The lowest BCUT2D eigenvalue weighted by Crippen LogP contribution is -2.24. The van der Waals surface area contributed by atoms with Crippen LogP contribution >= 0.6 is 0 Å². The van der Waals surface area contributed by atoms with Gasteiger partial charge in [-0.05, 0) is 19.4 Å². The first-order valence-electron chi connectivity index (χ1n) is 6.48. The highest BCUT2D eigenvalue weighted by Crippen LogP contribution is 2.12. The van der Waals surface area contributed by atoms with Crippen molar-refractivity contribution in [3.05, 3.63) is 18.0 Å². The third-order valence-electron chi connectivity index (χ3n) is 2.53. The number of nitrogens with one attached hydrogen (secondary N) is 1. The second kappa shape index (κ2) is 7.45. The van der Waals surface area contributed by atoms with E-state index in [2.05, 4.69) is 5.32 Å². The molecule has 0 bridgehead atoms. The summed E-state index contributed by atoms with van der Waals surface area (Å²) < 4.78 is 6.84. The van der Waals surface area contributed by atoms with Gasteiger partial charge in [0.1, 0.15) is 12.3 Å². The molecule has 6 heteroatoms. The van der Waals surface area contributed by atoms with Gasteiger partial charge in [-0.15, -0.1) is 0 Å². The van der Waals surface area contributed by atoms with Crippen LogP contribution in [0.5, 0.6) is 0 Å². The van der Waals surface area contributed by atoms with E-state index in [1.165, 1.54) is 0 Å². The molecule has 106 valence electrons. The fourth-order valence-corrected chi connectivity index (χ4v) is 1.73. The second-order valence-electron chi connectivity index (χ2n) is 4.19. The fraction of sp³-hybridized carbons (Fsp3) is 0.538. The standard InChI is InChI=1S/C13H21N3O3/c1-3-6-16-9-10(14)8-11(16)13(18)19-7-5-12(17)15-4-2/h8-9H,3-7,14H2,1-2H3,(H,15,17). The Morgan fingerprint density at radius 3 is 2.79 bits per heavy atom. The Bertz CT molecular complexity index is 440. The summed E-state index contributed by atoms with van der Waals surface area (Å²) in [4.78, 5) is 23.1. The Balaban J connectivity index is 2.51. The molecule has 1 amide bonds. The number of rotatable bonds is 7. The van der Waals surface area contributed by atoms with Crippen LogP contribution < -0.4 is 11.1 Å². The third-order valence-corrected chi connectivity index (χ3v) is 2.53. The van der Waals surface area contributed by atoms with E-state index < -0.39 is 5.97 Å². The van der Waals surface area contributed by atoms with Gasteiger partial charge in [-0.3, -0.25) is 4.79 Å². The molecule has 0 aliphatic heterocycles. The molecule has 6 nitrogen and oxygen atoms in total. The van der Waals surface area contributed by atoms with Crippen molar-refractivity contribution in [3.8, 4) is 0 Å². The molecule has 0 aromatic carbocycles. The number of carbonyl (C=O) groups excluding carboxylic acids is 2. The number of ether oxygens (including phenoxy) is 1. The van der Waals surface area contributed by atoms with Gasteiger partial charge in [0.25, 0.3) is 0 Å². The molecule has 0 spiro atoms. The van der Waals surface area contributed by atoms with Crippen LogP contribution in [-0.2, 0) is 16.1 Å². The number of carbonyl (C=O) groups is 2. The molecule has 0 aliphatic rings. The maximum absolute atomic E-state index is 11.9. The smallest absolute Gasteiger partial charge is 0.355 e. The molecule has 1 rings (SSSR count). The van der Waals surface area contributed by atoms with E-state index in [1.54, 1.807) is 16.8 Å². The van der Waals surface area contributed by atoms with Crippen molar-refractivity contribution < 1.29 is 14.3 Å². The van der Waals surface area contributed by atoms with Crippen LogP contribution in [0.15, 0.2) is 12.3 Å². The number of anilines is 1. The Labute approximate surface area is 112 Å². The predicted molar refractivity (Wildman–Crippen MR) is 72.7 cm³/mol. The molecule has 0 fully saturated rings. The summed E-state index contributed by atoms with van der Waals surface area (Å²) in [5.74, 6) is -0.576. The molecule has 1 heterocycles. The minimum atomic E-state index is -0.450. The number of amides is 1. The maximum Gasteiger partial charge on any atom is 0.355 e. The van der Waals surface area contributed by atoms with Gasteiger partial charge in [0.05, 0.1) is 12.1 Å². The lowest BCUT2D eigenvalue weighted by atomic mass is 10.4. The molecule has 1 aromatic rings. The van der Waals surface area contributed by atoms with Crippen LogP contribution in [0.4, 0.5) is 5.69 Å². The first kappa shape index (κ1) is 15.1. The van der Waals surface area contributed by atoms with Crippen molar-refractivity contribution >= 4 is 17.6 Å². The normalized spacial score (nSPS) is 10.2. The zero-order chi connectivity index (χ0) is 14.3. The SMILES string of the molecule is CCCn1cc(N)cc1C(=O)OCCC(=O)NCC. The van der Waals surface area contributed by atoms with E-state index in [-0.39, 0.29) is 18.9 Å². The summed E-state index contributed by atoms with van der Waals surface area (Å²) in [6, 6.07) is 1.59. The zero-order valence-electron chi connectivity index (χ0n) is 11.4. The maximum atomic E-state index is 11.9. The molecule has 0 unspecified atom stereocenters. The van der Waals surface area contributed by atoms with Gasteiger partial charge < -0.3 is 20.4 Å². The number of hydrogen-bond donors (Lipinski definition) is 2. The topological polar surface area (TPSA) is 86.3 Å². The molecule has 3 N–H and O–H groups in total. The second-order valence-corrected chi connectivity index (χ2v) is 4.19. The van der Waals surface area contributed by atoms with Crippen molar-refractivity contribution in [1.82, 2.24) is 9.88 Å². The van der Waals surface area contributed by atoms with E-state index >= 15 is 0 Å². The third kappa shape index (κ3) is 4.65. The van der Waals surface area contributed by atoms with Crippen LogP contribution in [0, 0.1) is 0 Å². The average Bonchev–Trinajstić information content (AvgIpc) is 2.71. The van der Waals surface area contributed by atoms with Crippen LogP contribution in [0.3, 0.4) is 0 Å². The van der Waals surface area contributed by atoms with Gasteiger partial charge in [-0.25, -0.2) is 4.79 Å². The summed E-state index contributed by atoms with van der Waals surface area (Å²) >= 11 is 0. The molecule has 19 heavy (non-hydrogen) atoms. The van der Waals surface area contributed by atoms with Crippen LogP contribution in [0.1, 0.15) is 37.2 Å². The average molecular weight is 267 g/mol. The lowest BCUT2D eigenvalue weighted by Gasteiger charge is -2.08. The van der Waals surface area contributed by atoms with Gasteiger partial charge in [0.2, 0.25) is 5.91 Å². The van der Waals surface area contributed by atoms with E-state index in [0.717, 1.165) is 6.42 Å². The minimum Gasteiger partial charge on any atom is -0.460 e. The van der Waals surface area contributed by atoms with Crippen molar-refractivity contribution in [2.75, 3.05) is 18.9 Å². The monoisotopic (exact) mass is 267 g/mol. The molecule has 0 saturated heterocycles. The van der Waals surface area contributed by atoms with Gasteiger partial charge in [0.15, 0.2) is 0 Å². The molecule has 1 aromatic heterocycles. The van der Waals surface area contributed by atoms with E-state index in [1.807, 2.05) is 13.8 Å². The van der Waals surface area contributed by atoms with Gasteiger partial charge in [0, 0.05) is 19.3 Å². The van der Waals surface area contributed by atoms with Crippen molar-refractivity contribution in [1.29, 1.82) is 0 Å². The fourth-order valence-electron chi connectivity index (χ4n) is 1.73. The molecule has 0 saturated carbocycles. The number of nitrogens with zero attached hydrogens (tertiary/aromatic N) is 1. The van der Waals surface area contributed by atoms with Crippen molar-refractivity contribution in [2.45, 2.75) is 33.2 Å². The minimum absolute atomic E-state index is 0.0713. The predicted octanol–water partition coefficient (Wildman–Crippen LogP) is 1.16. The highest BCUT2D eigenvalue weighted by atomic mass is 16.5. The molecular formula is C13H21N3O3. The lowest BCUT2D eigenvalue weighted by molar-refractivity contribution is -0.121. The van der Waals surface area contributed by atoms with Gasteiger partial charge in [-0.1, -0.05) is 6.92 Å². The quantitative estimate of drug-likeness (QED) is 0.726. The van der Waals surface area contributed by atoms with Crippen LogP contribution in [0.2, 0.25) is 0 Å². The van der Waals surface area contributed by atoms with Crippen molar-refractivity contribution in [3.63, 3.8) is 0 Å². The Kier molecular flexibility index (Phi) is 5.92. The highest BCUT2D eigenvalue weighted by Gasteiger charge is 2.14. The largest absolute Gasteiger partial charge is 0.460 e. The molecule has 0 atom stereocenters. The first-order valence-corrected chi connectivity index (χ1v) is 6.48. The van der Waals surface area contributed by atoms with E-state index in [4.69, 9.17) is 10.5 Å². The van der Waals surface area contributed by atoms with Crippen molar-refractivity contribution in [2.24, 2.45) is 0 Å². The molecule has 0 aliphatic carbocycles. The molecular weight excluding hydrogens is 246 g/mol. The van der Waals surface area contributed by atoms with E-state index in [9.17, 15) is 9.59 Å². The molecule has 0 radical (unpaired) electrons. The summed E-state index contributed by atoms with van der Waals surface area (Å²) in [5, 5.41) is 2.64. The number of esters is 1. The first-order chi connectivity index (χ1) is 9.08.